The molecule has 1 aromatic carbocycles. The molecule has 3 nitrogen and oxygen atoms in total. The summed E-state index contributed by atoms with van der Waals surface area (Å²) in [6.45, 7) is 0.971. The standard InChI is InChI=1S/C19H32NO2/c1-20(2,3)15-14-19(21,16-8-6-5-7-9-16)17-10-12-18(22-4)13-11-17/h10-13,16,21H,5-9,14-15H2,1-4H3/q+1/t19-/m1/s1. The van der Waals surface area contributed by atoms with Gasteiger partial charge in [0.15, 0.2) is 0 Å². The predicted octanol–water partition coefficient (Wildman–Crippen LogP) is 3.56. The van der Waals surface area contributed by atoms with Crippen molar-refractivity contribution in [2.45, 2.75) is 44.1 Å². The smallest absolute Gasteiger partial charge is 0.118 e. The van der Waals surface area contributed by atoms with Gasteiger partial charge in [0.05, 0.1) is 40.4 Å². The van der Waals surface area contributed by atoms with Crippen LogP contribution in [0.1, 0.15) is 44.1 Å². The van der Waals surface area contributed by atoms with E-state index in [2.05, 4.69) is 21.1 Å². The van der Waals surface area contributed by atoms with Crippen LogP contribution in [0.4, 0.5) is 0 Å². The number of quaternary nitrogens is 1. The molecule has 0 spiro atoms. The number of benzene rings is 1. The Morgan fingerprint density at radius 1 is 1.09 bits per heavy atom. The van der Waals surface area contributed by atoms with Crippen LogP contribution in [0.3, 0.4) is 0 Å². The van der Waals surface area contributed by atoms with E-state index < -0.39 is 5.60 Å². The van der Waals surface area contributed by atoms with Crippen LogP contribution in [-0.4, -0.2) is 44.4 Å². The molecule has 1 fully saturated rings. The fourth-order valence-electron chi connectivity index (χ4n) is 3.55. The van der Waals surface area contributed by atoms with Crippen molar-refractivity contribution in [1.82, 2.24) is 0 Å². The van der Waals surface area contributed by atoms with Crippen LogP contribution < -0.4 is 4.74 Å². The normalized spacial score (nSPS) is 19.7. The van der Waals surface area contributed by atoms with Gasteiger partial charge in [-0.25, -0.2) is 0 Å². The Labute approximate surface area is 135 Å². The van der Waals surface area contributed by atoms with E-state index in [1.54, 1.807) is 7.11 Å². The van der Waals surface area contributed by atoms with Crippen molar-refractivity contribution in [2.24, 2.45) is 5.92 Å². The second-order valence-electron chi connectivity index (χ2n) is 7.75. The third-order valence-electron chi connectivity index (χ3n) is 5.03. The summed E-state index contributed by atoms with van der Waals surface area (Å²) in [6, 6.07) is 8.02. The number of nitrogens with zero attached hydrogens (tertiary/aromatic N) is 1. The van der Waals surface area contributed by atoms with Gasteiger partial charge in [0.2, 0.25) is 0 Å². The first-order chi connectivity index (χ1) is 10.3. The first-order valence-electron chi connectivity index (χ1n) is 8.52. The minimum absolute atomic E-state index is 0.376. The molecule has 1 aliphatic rings. The number of aliphatic hydroxyl groups is 1. The molecular formula is C19H32NO2+. The molecule has 0 heterocycles. The van der Waals surface area contributed by atoms with E-state index in [0.717, 1.165) is 41.6 Å². The first kappa shape index (κ1) is 17.3. The molecule has 0 amide bonds. The number of rotatable bonds is 6. The Kier molecular flexibility index (Phi) is 5.51. The second kappa shape index (κ2) is 7.01. The number of ether oxygens (including phenoxy) is 1. The highest BCUT2D eigenvalue weighted by atomic mass is 16.5. The molecule has 124 valence electrons. The monoisotopic (exact) mass is 306 g/mol. The topological polar surface area (TPSA) is 29.5 Å². The van der Waals surface area contributed by atoms with Crippen molar-refractivity contribution in [2.75, 3.05) is 34.8 Å². The summed E-state index contributed by atoms with van der Waals surface area (Å²) >= 11 is 0. The average molecular weight is 306 g/mol. The van der Waals surface area contributed by atoms with E-state index in [1.807, 2.05) is 24.3 Å². The van der Waals surface area contributed by atoms with Crippen molar-refractivity contribution in [1.29, 1.82) is 0 Å². The zero-order chi connectivity index (χ0) is 16.2. The highest BCUT2D eigenvalue weighted by Gasteiger charge is 2.39. The number of hydrogen-bond acceptors (Lipinski definition) is 2. The lowest BCUT2D eigenvalue weighted by molar-refractivity contribution is -0.871. The highest BCUT2D eigenvalue weighted by Crippen LogP contribution is 2.42. The highest BCUT2D eigenvalue weighted by molar-refractivity contribution is 5.31. The van der Waals surface area contributed by atoms with Crippen molar-refractivity contribution in [3.63, 3.8) is 0 Å². The molecular weight excluding hydrogens is 274 g/mol. The number of hydrogen-bond donors (Lipinski definition) is 1. The maximum Gasteiger partial charge on any atom is 0.118 e. The van der Waals surface area contributed by atoms with Crippen LogP contribution in [0, 0.1) is 5.92 Å². The minimum atomic E-state index is -0.710. The lowest BCUT2D eigenvalue weighted by atomic mass is 9.71. The third-order valence-corrected chi connectivity index (χ3v) is 5.03. The van der Waals surface area contributed by atoms with Crippen LogP contribution in [0.15, 0.2) is 24.3 Å². The summed E-state index contributed by atoms with van der Waals surface area (Å²) in [5.41, 5.74) is 0.340. The summed E-state index contributed by atoms with van der Waals surface area (Å²) in [4.78, 5) is 0. The molecule has 3 heteroatoms. The Morgan fingerprint density at radius 2 is 1.68 bits per heavy atom. The largest absolute Gasteiger partial charge is 0.497 e. The summed E-state index contributed by atoms with van der Waals surface area (Å²) in [5, 5.41) is 11.6. The minimum Gasteiger partial charge on any atom is -0.497 e. The molecule has 22 heavy (non-hydrogen) atoms. The molecule has 2 rings (SSSR count). The van der Waals surface area contributed by atoms with E-state index >= 15 is 0 Å². The molecule has 0 aliphatic heterocycles. The van der Waals surface area contributed by atoms with E-state index in [0.29, 0.717) is 5.92 Å². The molecule has 0 radical (unpaired) electrons. The Balaban J connectivity index is 2.25. The zero-order valence-electron chi connectivity index (χ0n) is 14.6. The van der Waals surface area contributed by atoms with Gasteiger partial charge in [-0.05, 0) is 36.5 Å². The Bertz CT molecular complexity index is 457. The lowest BCUT2D eigenvalue weighted by Gasteiger charge is -2.40. The van der Waals surface area contributed by atoms with Crippen LogP contribution >= 0.6 is 0 Å². The summed E-state index contributed by atoms with van der Waals surface area (Å²) in [6.07, 6.45) is 6.89. The Morgan fingerprint density at radius 3 is 2.18 bits per heavy atom. The molecule has 0 saturated heterocycles. The summed E-state index contributed by atoms with van der Waals surface area (Å²) < 4.78 is 6.14. The fraction of sp³-hybridized carbons (Fsp3) is 0.684. The molecule has 1 saturated carbocycles. The van der Waals surface area contributed by atoms with Crippen LogP contribution in [-0.2, 0) is 5.60 Å². The summed E-state index contributed by atoms with van der Waals surface area (Å²) in [7, 11) is 8.25. The van der Waals surface area contributed by atoms with Crippen LogP contribution in [0.5, 0.6) is 5.75 Å². The fourth-order valence-corrected chi connectivity index (χ4v) is 3.55. The van der Waals surface area contributed by atoms with Gasteiger partial charge in [-0.2, -0.15) is 0 Å². The molecule has 0 aromatic heterocycles. The van der Waals surface area contributed by atoms with E-state index in [4.69, 9.17) is 4.74 Å². The SMILES string of the molecule is COc1ccc([C@@](O)(CC[N+](C)(C)C)C2CCCCC2)cc1. The summed E-state index contributed by atoms with van der Waals surface area (Å²) in [5.74, 6) is 1.22. The van der Waals surface area contributed by atoms with E-state index in [1.165, 1.54) is 19.3 Å². The molecule has 1 aromatic rings. The van der Waals surface area contributed by atoms with Crippen molar-refractivity contribution < 1.29 is 14.3 Å². The molecule has 1 aliphatic carbocycles. The maximum atomic E-state index is 11.6. The molecule has 0 unspecified atom stereocenters. The Hall–Kier alpha value is -1.06. The van der Waals surface area contributed by atoms with Gasteiger partial charge in [-0.1, -0.05) is 31.4 Å². The van der Waals surface area contributed by atoms with Gasteiger partial charge in [-0.3, -0.25) is 0 Å². The third kappa shape index (κ3) is 4.23. The van der Waals surface area contributed by atoms with Gasteiger partial charge in [-0.15, -0.1) is 0 Å². The quantitative estimate of drug-likeness (QED) is 0.814. The maximum absolute atomic E-state index is 11.6. The zero-order valence-corrected chi connectivity index (χ0v) is 14.6. The van der Waals surface area contributed by atoms with Gasteiger partial charge in [0, 0.05) is 6.42 Å². The molecule has 0 bridgehead atoms. The van der Waals surface area contributed by atoms with E-state index in [-0.39, 0.29) is 0 Å². The van der Waals surface area contributed by atoms with Crippen molar-refractivity contribution in [3.05, 3.63) is 29.8 Å². The first-order valence-corrected chi connectivity index (χ1v) is 8.52. The predicted molar refractivity (Wildman–Crippen MR) is 91.0 cm³/mol. The van der Waals surface area contributed by atoms with Crippen LogP contribution in [0.25, 0.3) is 0 Å². The lowest BCUT2D eigenvalue weighted by Crippen LogP contribution is -2.43. The molecule has 1 N–H and O–H groups in total. The second-order valence-corrected chi connectivity index (χ2v) is 7.75. The van der Waals surface area contributed by atoms with Crippen molar-refractivity contribution in [3.8, 4) is 5.75 Å². The number of methoxy groups -OCH3 is 1. The van der Waals surface area contributed by atoms with Gasteiger partial charge in [0.1, 0.15) is 5.75 Å². The van der Waals surface area contributed by atoms with Crippen LogP contribution in [0.2, 0.25) is 0 Å². The van der Waals surface area contributed by atoms with Gasteiger partial charge in [0.25, 0.3) is 0 Å². The van der Waals surface area contributed by atoms with Crippen molar-refractivity contribution >= 4 is 0 Å². The molecule has 1 atom stereocenters. The van der Waals surface area contributed by atoms with Gasteiger partial charge >= 0.3 is 0 Å². The van der Waals surface area contributed by atoms with Gasteiger partial charge < -0.3 is 14.3 Å². The average Bonchev–Trinajstić information content (AvgIpc) is 2.53. The van der Waals surface area contributed by atoms with E-state index in [9.17, 15) is 5.11 Å².